The molecule has 0 saturated carbocycles. The molecule has 4 aromatic rings. The number of aromatic amines is 2. The van der Waals surface area contributed by atoms with Crippen LogP contribution in [0.3, 0.4) is 0 Å². The number of hydrogen-bond acceptors (Lipinski definition) is 5. The fourth-order valence-corrected chi connectivity index (χ4v) is 3.68. The Labute approximate surface area is 174 Å². The van der Waals surface area contributed by atoms with Gasteiger partial charge in [0.2, 0.25) is 16.8 Å². The van der Waals surface area contributed by atoms with E-state index < -0.39 is 32.7 Å². The Hall–Kier alpha value is -4.01. The highest BCUT2D eigenvalue weighted by molar-refractivity contribution is 5.94. The molecule has 0 atom stereocenters. The van der Waals surface area contributed by atoms with Gasteiger partial charge in [0.15, 0.2) is 0 Å². The first kappa shape index (κ1) is 20.3. The largest absolute Gasteiger partial charge is 0.355 e. The third kappa shape index (κ3) is 3.43. The van der Waals surface area contributed by atoms with Crippen LogP contribution in [-0.2, 0) is 17.8 Å². The molecule has 2 aromatic carbocycles. The number of aromatic nitrogens is 3. The lowest BCUT2D eigenvalue weighted by atomic mass is 10.1. The minimum Gasteiger partial charge on any atom is -0.355 e. The number of fused-ring (bicyclic) bond motifs is 2. The molecule has 0 aliphatic heterocycles. The van der Waals surface area contributed by atoms with Crippen LogP contribution >= 0.6 is 0 Å². The van der Waals surface area contributed by atoms with Crippen molar-refractivity contribution in [1.82, 2.24) is 19.4 Å². The van der Waals surface area contributed by atoms with Gasteiger partial charge in [-0.25, -0.2) is 0 Å². The number of amides is 1. The first-order valence-electron chi connectivity index (χ1n) is 9.69. The molecular weight excluding hydrogens is 400 g/mol. The Balaban J connectivity index is 1.78. The quantitative estimate of drug-likeness (QED) is 0.483. The lowest BCUT2D eigenvalue weighted by Crippen LogP contribution is -2.27. The zero-order chi connectivity index (χ0) is 22.3. The number of carbonyl (C=O) groups is 1. The summed E-state index contributed by atoms with van der Waals surface area (Å²) in [6, 6.07) is 7.19. The maximum atomic E-state index is 12.9. The second kappa shape index (κ2) is 7.67. The monoisotopic (exact) mass is 420 g/mol. The zero-order valence-corrected chi connectivity index (χ0v) is 17.0. The lowest BCUT2D eigenvalue weighted by molar-refractivity contribution is -0.128. The Kier molecular flexibility index (Phi) is 5.02. The van der Waals surface area contributed by atoms with Crippen molar-refractivity contribution in [2.45, 2.75) is 19.4 Å². The van der Waals surface area contributed by atoms with Crippen molar-refractivity contribution in [3.8, 4) is 0 Å². The smallest absolute Gasteiger partial charge is 0.266 e. The summed E-state index contributed by atoms with van der Waals surface area (Å²) >= 11 is 0. The van der Waals surface area contributed by atoms with E-state index in [0.29, 0.717) is 18.4 Å². The summed E-state index contributed by atoms with van der Waals surface area (Å²) in [4.78, 5) is 70.0. The molecule has 9 heteroatoms. The Bertz CT molecular complexity index is 1460. The summed E-state index contributed by atoms with van der Waals surface area (Å²) in [6.45, 7) is -0.0789. The third-order valence-electron chi connectivity index (χ3n) is 5.32. The summed E-state index contributed by atoms with van der Waals surface area (Å²) in [5, 5.41) is -0.794. The summed E-state index contributed by atoms with van der Waals surface area (Å²) in [5.74, 6) is -0.00243. The molecule has 4 rings (SSSR count). The second-order valence-corrected chi connectivity index (χ2v) is 7.58. The van der Waals surface area contributed by atoms with Crippen molar-refractivity contribution >= 4 is 27.7 Å². The fourth-order valence-electron chi connectivity index (χ4n) is 3.68. The fraction of sp³-hybridized carbons (Fsp3) is 0.227. The van der Waals surface area contributed by atoms with E-state index in [4.69, 9.17) is 0 Å². The van der Waals surface area contributed by atoms with Crippen LogP contribution in [0.5, 0.6) is 0 Å². The number of rotatable bonds is 5. The van der Waals surface area contributed by atoms with Crippen molar-refractivity contribution < 1.29 is 4.79 Å². The standard InChI is InChI=1S/C22H20N4O5/c1-25(2)14(27)7-6-12-4-3-5-13(10-12)11-26-21(30)15-16(22(26)31)20(29)18-17(19(15)28)23-8-9-24-18/h3-5,8-10,23-24H,6-7,11H2,1-2H3. The van der Waals surface area contributed by atoms with Crippen LogP contribution in [0.4, 0.5) is 0 Å². The van der Waals surface area contributed by atoms with Crippen LogP contribution < -0.4 is 22.0 Å². The molecule has 1 amide bonds. The molecule has 0 aliphatic rings. The number of nitrogens with one attached hydrogen (secondary N) is 2. The normalized spacial score (nSPS) is 11.3. The summed E-state index contributed by atoms with van der Waals surface area (Å²) in [5.41, 5.74) is -1.47. The summed E-state index contributed by atoms with van der Waals surface area (Å²) in [6.07, 6.45) is 3.71. The molecule has 31 heavy (non-hydrogen) atoms. The zero-order valence-electron chi connectivity index (χ0n) is 17.0. The van der Waals surface area contributed by atoms with E-state index in [1.54, 1.807) is 32.3 Å². The average molecular weight is 420 g/mol. The molecule has 2 aromatic heterocycles. The van der Waals surface area contributed by atoms with E-state index in [1.807, 2.05) is 6.07 Å². The molecule has 0 unspecified atom stereocenters. The van der Waals surface area contributed by atoms with Gasteiger partial charge in [0.05, 0.1) is 6.54 Å². The highest BCUT2D eigenvalue weighted by Gasteiger charge is 2.22. The minimum atomic E-state index is -0.783. The van der Waals surface area contributed by atoms with Gasteiger partial charge >= 0.3 is 0 Å². The van der Waals surface area contributed by atoms with E-state index in [2.05, 4.69) is 9.97 Å². The van der Waals surface area contributed by atoms with Crippen LogP contribution in [0, 0.1) is 0 Å². The van der Waals surface area contributed by atoms with Gasteiger partial charge < -0.3 is 14.9 Å². The van der Waals surface area contributed by atoms with Crippen molar-refractivity contribution in [2.24, 2.45) is 0 Å². The van der Waals surface area contributed by atoms with Gasteiger partial charge in [0, 0.05) is 32.9 Å². The van der Waals surface area contributed by atoms with Gasteiger partial charge in [-0.15, -0.1) is 0 Å². The highest BCUT2D eigenvalue weighted by Crippen LogP contribution is 2.10. The molecule has 0 saturated heterocycles. The predicted molar refractivity (Wildman–Crippen MR) is 117 cm³/mol. The van der Waals surface area contributed by atoms with Gasteiger partial charge in [-0.1, -0.05) is 24.3 Å². The maximum Gasteiger partial charge on any atom is 0.266 e. The SMILES string of the molecule is CN(C)C(=O)CCc1cccc(Cn2c(=O)c3c(=O)c4[nH]cc[nH]c4c(=O)c3c2=O)c1. The number of nitrogens with zero attached hydrogens (tertiary/aromatic N) is 2. The van der Waals surface area contributed by atoms with Gasteiger partial charge in [-0.05, 0) is 17.5 Å². The number of carbonyl (C=O) groups excluding carboxylic acids is 1. The first-order valence-corrected chi connectivity index (χ1v) is 9.69. The van der Waals surface area contributed by atoms with Crippen LogP contribution in [0.15, 0.2) is 55.8 Å². The molecule has 0 fully saturated rings. The molecule has 0 aliphatic carbocycles. The number of H-pyrrole nitrogens is 2. The number of aryl methyl sites for hydroxylation is 1. The van der Waals surface area contributed by atoms with Crippen LogP contribution in [0.2, 0.25) is 0 Å². The van der Waals surface area contributed by atoms with Crippen LogP contribution in [-0.4, -0.2) is 39.4 Å². The summed E-state index contributed by atoms with van der Waals surface area (Å²) < 4.78 is 0.913. The van der Waals surface area contributed by atoms with Crippen molar-refractivity contribution in [1.29, 1.82) is 0 Å². The Morgan fingerprint density at radius 3 is 2.00 bits per heavy atom. The van der Waals surface area contributed by atoms with E-state index in [1.165, 1.54) is 17.3 Å². The highest BCUT2D eigenvalue weighted by atomic mass is 16.2. The third-order valence-corrected chi connectivity index (χ3v) is 5.32. The first-order chi connectivity index (χ1) is 14.8. The van der Waals surface area contributed by atoms with Gasteiger partial charge in [-0.3, -0.25) is 28.5 Å². The van der Waals surface area contributed by atoms with E-state index in [0.717, 1.165) is 10.1 Å². The topological polar surface area (TPSA) is 125 Å². The molecule has 2 N–H and O–H groups in total. The Morgan fingerprint density at radius 1 is 0.903 bits per heavy atom. The van der Waals surface area contributed by atoms with E-state index in [9.17, 15) is 24.0 Å². The molecule has 0 bridgehead atoms. The van der Waals surface area contributed by atoms with Gasteiger partial charge in [0.25, 0.3) is 11.1 Å². The maximum absolute atomic E-state index is 12.9. The van der Waals surface area contributed by atoms with Crippen molar-refractivity contribution in [3.05, 3.63) is 88.9 Å². The van der Waals surface area contributed by atoms with Crippen molar-refractivity contribution in [3.63, 3.8) is 0 Å². The molecular formula is C22H20N4O5. The van der Waals surface area contributed by atoms with Gasteiger partial charge in [0.1, 0.15) is 21.8 Å². The predicted octanol–water partition coefficient (Wildman–Crippen LogP) is 0.398. The molecule has 9 nitrogen and oxygen atoms in total. The van der Waals surface area contributed by atoms with Gasteiger partial charge in [-0.2, -0.15) is 0 Å². The molecule has 158 valence electrons. The van der Waals surface area contributed by atoms with Crippen LogP contribution in [0.25, 0.3) is 21.8 Å². The Morgan fingerprint density at radius 2 is 1.45 bits per heavy atom. The minimum absolute atomic E-state index is 0.00243. The second-order valence-electron chi connectivity index (χ2n) is 7.58. The lowest BCUT2D eigenvalue weighted by Gasteiger charge is -2.10. The molecule has 0 spiro atoms. The number of benzene rings is 2. The number of hydrogen-bond donors (Lipinski definition) is 2. The van der Waals surface area contributed by atoms with E-state index in [-0.39, 0.29) is 23.5 Å². The molecule has 0 radical (unpaired) electrons. The van der Waals surface area contributed by atoms with Crippen molar-refractivity contribution in [2.75, 3.05) is 14.1 Å². The average Bonchev–Trinajstić information content (AvgIpc) is 3.01. The van der Waals surface area contributed by atoms with E-state index >= 15 is 0 Å². The summed E-state index contributed by atoms with van der Waals surface area (Å²) in [7, 11) is 3.38. The molecule has 2 heterocycles. The van der Waals surface area contributed by atoms with Crippen LogP contribution in [0.1, 0.15) is 17.5 Å².